The third kappa shape index (κ3) is 4.31. The average molecular weight is 500 g/mol. The predicted octanol–water partition coefficient (Wildman–Crippen LogP) is 4.39. The van der Waals surface area contributed by atoms with Crippen LogP contribution in [0.25, 0.3) is 22.5 Å². The van der Waals surface area contributed by atoms with Gasteiger partial charge in [0.2, 0.25) is 5.95 Å². The number of nitrogens with one attached hydrogen (secondary N) is 1. The number of aromatic nitrogens is 3. The summed E-state index contributed by atoms with van der Waals surface area (Å²) >= 11 is 0. The number of carbonyl (C=O) groups excluding carboxylic acids is 1. The lowest BCUT2D eigenvalue weighted by Crippen LogP contribution is -2.23. The van der Waals surface area contributed by atoms with E-state index in [0.717, 1.165) is 47.7 Å². The number of methoxy groups -OCH3 is 1. The van der Waals surface area contributed by atoms with Crippen molar-refractivity contribution >= 4 is 22.9 Å². The summed E-state index contributed by atoms with van der Waals surface area (Å²) in [6.07, 6.45) is 7.22. The number of nitrogen functional groups attached to an aromatic ring is 1. The van der Waals surface area contributed by atoms with Crippen molar-refractivity contribution in [1.29, 1.82) is 0 Å². The molecule has 3 N–H and O–H groups in total. The number of halogens is 1. The molecule has 2 aromatic carbocycles. The number of fused-ring (bicyclic) bond motifs is 3. The van der Waals surface area contributed by atoms with Crippen LogP contribution in [-0.2, 0) is 11.3 Å². The maximum Gasteiger partial charge on any atom is 0.255 e. The minimum absolute atomic E-state index is 0.148. The third-order valence-electron chi connectivity index (χ3n) is 6.93. The largest absolute Gasteiger partial charge is 0.496 e. The highest BCUT2D eigenvalue weighted by atomic mass is 19.1. The summed E-state index contributed by atoms with van der Waals surface area (Å²) in [5.74, 6) is 0.467. The van der Waals surface area contributed by atoms with Gasteiger partial charge < -0.3 is 20.5 Å². The molecule has 6 rings (SSSR count). The molecule has 188 valence electrons. The number of nitrogens with two attached hydrogens (primary N) is 1. The zero-order chi connectivity index (χ0) is 25.5. The Labute approximate surface area is 212 Å². The standard InChI is InChI=1S/C28H26FN5O3/c1-36-24-9-6-19(29)14-22(24)27(35)32-15-16-2-4-17(5-3-16)26-33-25(23-10-11-31-28(30)34(23)26)18-12-20-7-8-21(13-18)37-20/h2-6,9-12,14,20-21H,7-8,13,15H2,1H3,(H2,30,31)(H,32,35). The van der Waals surface area contributed by atoms with Crippen molar-refractivity contribution < 1.29 is 18.7 Å². The van der Waals surface area contributed by atoms with Gasteiger partial charge in [-0.1, -0.05) is 30.3 Å². The molecular formula is C28H26FN5O3. The third-order valence-corrected chi connectivity index (χ3v) is 6.93. The molecule has 2 unspecified atom stereocenters. The van der Waals surface area contributed by atoms with Gasteiger partial charge in [0.05, 0.1) is 36.1 Å². The first-order chi connectivity index (χ1) is 18.0. The minimum atomic E-state index is -0.500. The predicted molar refractivity (Wildman–Crippen MR) is 137 cm³/mol. The van der Waals surface area contributed by atoms with Crippen molar-refractivity contribution in [2.45, 2.75) is 38.0 Å². The maximum absolute atomic E-state index is 13.6. The van der Waals surface area contributed by atoms with Gasteiger partial charge in [0.25, 0.3) is 5.91 Å². The Bertz CT molecular complexity index is 1530. The first kappa shape index (κ1) is 23.2. The van der Waals surface area contributed by atoms with E-state index in [-0.39, 0.29) is 24.3 Å². The molecule has 2 bridgehead atoms. The number of hydrogen-bond donors (Lipinski definition) is 2. The van der Waals surface area contributed by atoms with Crippen molar-refractivity contribution in [3.05, 3.63) is 83.4 Å². The molecule has 2 aromatic heterocycles. The molecule has 0 aliphatic carbocycles. The van der Waals surface area contributed by atoms with Gasteiger partial charge in [0, 0.05) is 24.7 Å². The fourth-order valence-electron chi connectivity index (χ4n) is 5.12. The second kappa shape index (κ2) is 9.33. The van der Waals surface area contributed by atoms with E-state index < -0.39 is 11.7 Å². The minimum Gasteiger partial charge on any atom is -0.496 e. The van der Waals surface area contributed by atoms with Gasteiger partial charge in [0.15, 0.2) is 0 Å². The van der Waals surface area contributed by atoms with E-state index in [2.05, 4.69) is 16.4 Å². The van der Waals surface area contributed by atoms with Gasteiger partial charge in [0.1, 0.15) is 17.4 Å². The Morgan fingerprint density at radius 2 is 2.05 bits per heavy atom. The van der Waals surface area contributed by atoms with Gasteiger partial charge >= 0.3 is 0 Å². The summed E-state index contributed by atoms with van der Waals surface area (Å²) in [5.41, 5.74) is 11.2. The van der Waals surface area contributed by atoms with Crippen molar-refractivity contribution in [3.63, 3.8) is 0 Å². The van der Waals surface area contributed by atoms with E-state index in [1.54, 1.807) is 6.20 Å². The quantitative estimate of drug-likeness (QED) is 0.408. The molecule has 0 saturated carbocycles. The van der Waals surface area contributed by atoms with Crippen molar-refractivity contribution in [1.82, 2.24) is 19.7 Å². The van der Waals surface area contributed by atoms with Gasteiger partial charge in [-0.2, -0.15) is 0 Å². The number of carbonyl (C=O) groups is 1. The van der Waals surface area contributed by atoms with Crippen molar-refractivity contribution in [3.8, 4) is 17.1 Å². The van der Waals surface area contributed by atoms with Crippen LogP contribution in [0.1, 0.15) is 40.9 Å². The Morgan fingerprint density at radius 1 is 1.22 bits per heavy atom. The average Bonchev–Trinajstić information content (AvgIpc) is 3.47. The zero-order valence-electron chi connectivity index (χ0n) is 20.3. The number of benzene rings is 2. The van der Waals surface area contributed by atoms with Crippen LogP contribution >= 0.6 is 0 Å². The van der Waals surface area contributed by atoms with Crippen molar-refractivity contribution in [2.24, 2.45) is 0 Å². The van der Waals surface area contributed by atoms with Gasteiger partial charge in [-0.25, -0.2) is 14.4 Å². The van der Waals surface area contributed by atoms with E-state index in [0.29, 0.717) is 17.5 Å². The van der Waals surface area contributed by atoms with Crippen LogP contribution in [0, 0.1) is 5.82 Å². The summed E-state index contributed by atoms with van der Waals surface area (Å²) in [4.78, 5) is 21.9. The molecule has 2 aliphatic rings. The Hall–Kier alpha value is -4.24. The second-order valence-electron chi connectivity index (χ2n) is 9.30. The van der Waals surface area contributed by atoms with E-state index in [9.17, 15) is 9.18 Å². The lowest BCUT2D eigenvalue weighted by atomic mass is 10.0. The van der Waals surface area contributed by atoms with Crippen LogP contribution < -0.4 is 15.8 Å². The summed E-state index contributed by atoms with van der Waals surface area (Å²) < 4.78 is 26.7. The van der Waals surface area contributed by atoms with Gasteiger partial charge in [-0.05, 0) is 48.2 Å². The van der Waals surface area contributed by atoms with E-state index in [1.165, 1.54) is 24.8 Å². The summed E-state index contributed by atoms with van der Waals surface area (Å²) in [6.45, 7) is 0.270. The van der Waals surface area contributed by atoms with Crippen LogP contribution in [0.4, 0.5) is 10.3 Å². The summed E-state index contributed by atoms with van der Waals surface area (Å²) in [7, 11) is 1.44. The fourth-order valence-corrected chi connectivity index (χ4v) is 5.12. The Morgan fingerprint density at radius 3 is 2.84 bits per heavy atom. The Balaban J connectivity index is 1.26. The molecule has 1 saturated heterocycles. The number of nitrogens with zero attached hydrogens (tertiary/aromatic N) is 3. The van der Waals surface area contributed by atoms with Crippen LogP contribution in [0.2, 0.25) is 0 Å². The number of amides is 1. The summed E-state index contributed by atoms with van der Waals surface area (Å²) in [5, 5.41) is 2.82. The van der Waals surface area contributed by atoms with Gasteiger partial charge in [-0.15, -0.1) is 0 Å². The highest BCUT2D eigenvalue weighted by Gasteiger charge is 2.32. The summed E-state index contributed by atoms with van der Waals surface area (Å²) in [6, 6.07) is 13.5. The van der Waals surface area contributed by atoms with Crippen LogP contribution in [-0.4, -0.2) is 39.6 Å². The lowest BCUT2D eigenvalue weighted by molar-refractivity contribution is 0.0671. The molecule has 2 atom stereocenters. The molecule has 1 fully saturated rings. The number of ether oxygens (including phenoxy) is 2. The molecule has 0 radical (unpaired) electrons. The Kier molecular flexibility index (Phi) is 5.84. The first-order valence-electron chi connectivity index (χ1n) is 12.2. The van der Waals surface area contributed by atoms with E-state index in [1.807, 2.05) is 34.7 Å². The highest BCUT2D eigenvalue weighted by Crippen LogP contribution is 2.38. The van der Waals surface area contributed by atoms with Crippen LogP contribution in [0.5, 0.6) is 5.75 Å². The molecule has 4 aromatic rings. The molecule has 0 spiro atoms. The number of rotatable bonds is 6. The highest BCUT2D eigenvalue weighted by molar-refractivity contribution is 5.96. The normalized spacial score (nSPS) is 18.6. The fraction of sp³-hybridized carbons (Fsp3) is 0.250. The smallest absolute Gasteiger partial charge is 0.255 e. The van der Waals surface area contributed by atoms with Gasteiger partial charge in [-0.3, -0.25) is 9.20 Å². The molecule has 37 heavy (non-hydrogen) atoms. The van der Waals surface area contributed by atoms with Crippen LogP contribution in [0.3, 0.4) is 0 Å². The molecule has 1 amide bonds. The van der Waals surface area contributed by atoms with Crippen LogP contribution in [0.15, 0.2) is 60.8 Å². The zero-order valence-corrected chi connectivity index (χ0v) is 20.3. The number of anilines is 1. The monoisotopic (exact) mass is 499 g/mol. The second-order valence-corrected chi connectivity index (χ2v) is 9.30. The maximum atomic E-state index is 13.6. The molecular weight excluding hydrogens is 473 g/mol. The van der Waals surface area contributed by atoms with E-state index in [4.69, 9.17) is 20.2 Å². The lowest BCUT2D eigenvalue weighted by Gasteiger charge is -2.19. The van der Waals surface area contributed by atoms with E-state index >= 15 is 0 Å². The molecule has 9 heteroatoms. The SMILES string of the molecule is COc1ccc(F)cc1C(=O)NCc1ccc(-c2nc(C3=CC4CCC(C3)O4)c3ccnc(N)n23)cc1. The number of imidazole rings is 1. The number of hydrogen-bond acceptors (Lipinski definition) is 6. The molecule has 8 nitrogen and oxygen atoms in total. The molecule has 2 aliphatic heterocycles. The molecule has 4 heterocycles. The van der Waals surface area contributed by atoms with Crippen molar-refractivity contribution in [2.75, 3.05) is 12.8 Å². The first-order valence-corrected chi connectivity index (χ1v) is 12.2. The topological polar surface area (TPSA) is 104 Å².